The van der Waals surface area contributed by atoms with Crippen molar-refractivity contribution in [2.75, 3.05) is 13.2 Å². The summed E-state index contributed by atoms with van der Waals surface area (Å²) in [5.74, 6) is -1.07. The Kier molecular flexibility index (Phi) is 9.22. The predicted molar refractivity (Wildman–Crippen MR) is 153 cm³/mol. The maximum absolute atomic E-state index is 14.6. The lowest BCUT2D eigenvalue weighted by Crippen LogP contribution is -2.42. The van der Waals surface area contributed by atoms with Gasteiger partial charge in [-0.1, -0.05) is 58.4 Å². The van der Waals surface area contributed by atoms with Crippen LogP contribution in [0.1, 0.15) is 69.2 Å². The van der Waals surface area contributed by atoms with Crippen LogP contribution in [-0.4, -0.2) is 37.1 Å². The summed E-state index contributed by atoms with van der Waals surface area (Å²) in [6.07, 6.45) is 3.33. The second-order valence-corrected chi connectivity index (χ2v) is 16.7. The first-order valence-electron chi connectivity index (χ1n) is 13.0. The Labute approximate surface area is 230 Å². The third kappa shape index (κ3) is 6.35. The van der Waals surface area contributed by atoms with E-state index < -0.39 is 25.5 Å². The van der Waals surface area contributed by atoms with Gasteiger partial charge in [-0.3, -0.25) is 9.78 Å². The van der Waals surface area contributed by atoms with Gasteiger partial charge in [-0.25, -0.2) is 9.18 Å². The molecule has 0 saturated carbocycles. The van der Waals surface area contributed by atoms with Gasteiger partial charge in [0.1, 0.15) is 11.4 Å². The van der Waals surface area contributed by atoms with E-state index in [0.29, 0.717) is 28.8 Å². The van der Waals surface area contributed by atoms with Crippen LogP contribution in [0, 0.1) is 11.7 Å². The zero-order chi connectivity index (χ0) is 28.4. The topological polar surface area (TPSA) is 70.4 Å². The number of benzene rings is 1. The number of ether oxygens (including phenoxy) is 1. The Hall–Kier alpha value is -2.55. The molecule has 1 atom stereocenters. The molecule has 2 aromatic heterocycles. The van der Waals surface area contributed by atoms with Crippen LogP contribution in [0.2, 0.25) is 23.2 Å². The van der Waals surface area contributed by atoms with E-state index >= 15 is 0 Å². The molecule has 0 aliphatic carbocycles. The number of fused-ring (bicyclic) bond motifs is 1. The fraction of sp³-hybridized carbons (Fsp3) is 0.483. The molecule has 0 fully saturated rings. The minimum atomic E-state index is -2.06. The number of aromatic nitrogens is 2. The monoisotopic (exact) mass is 560 g/mol. The molecule has 0 aliphatic rings. The van der Waals surface area contributed by atoms with Crippen LogP contribution in [-0.2, 0) is 15.6 Å². The Morgan fingerprint density at radius 3 is 2.53 bits per heavy atom. The highest BCUT2D eigenvalue weighted by molar-refractivity contribution is 6.74. The van der Waals surface area contributed by atoms with Gasteiger partial charge in [0.25, 0.3) is 0 Å². The lowest BCUT2D eigenvalue weighted by molar-refractivity contribution is 0.0523. The van der Waals surface area contributed by atoms with Crippen LogP contribution in [0.15, 0.2) is 41.5 Å². The first-order valence-corrected chi connectivity index (χ1v) is 16.2. The third-order valence-electron chi connectivity index (χ3n) is 7.42. The SMILES string of the molecule is CCOC(=O)c1cn([C@H](CO[Si](C)(C)C(C)(C)C)C(C)C)c2cnc(Cc3cccc(Cl)c3F)cc2c1=O. The van der Waals surface area contributed by atoms with Crippen molar-refractivity contribution >= 4 is 36.8 Å². The number of carbonyl (C=O) groups excluding carboxylic acids is 1. The molecule has 0 saturated heterocycles. The summed E-state index contributed by atoms with van der Waals surface area (Å²) in [6.45, 7) is 17.4. The summed E-state index contributed by atoms with van der Waals surface area (Å²) in [5.41, 5.74) is 0.938. The molecule has 0 bridgehead atoms. The van der Waals surface area contributed by atoms with Gasteiger partial charge in [-0.2, -0.15) is 0 Å². The summed E-state index contributed by atoms with van der Waals surface area (Å²) in [4.78, 5) is 30.9. The molecule has 0 aliphatic heterocycles. The first-order chi connectivity index (χ1) is 17.7. The number of pyridine rings is 2. The van der Waals surface area contributed by atoms with Crippen molar-refractivity contribution in [3.63, 3.8) is 0 Å². The van der Waals surface area contributed by atoms with Crippen LogP contribution < -0.4 is 5.43 Å². The Bertz CT molecular complexity index is 1380. The summed E-state index contributed by atoms with van der Waals surface area (Å²) in [7, 11) is -2.06. The van der Waals surface area contributed by atoms with E-state index in [0.717, 1.165) is 0 Å². The summed E-state index contributed by atoms with van der Waals surface area (Å²) >= 11 is 5.95. The van der Waals surface area contributed by atoms with Gasteiger partial charge >= 0.3 is 5.97 Å². The number of hydrogen-bond acceptors (Lipinski definition) is 5. The highest BCUT2D eigenvalue weighted by atomic mass is 35.5. The van der Waals surface area contributed by atoms with Gasteiger partial charge < -0.3 is 13.7 Å². The van der Waals surface area contributed by atoms with Gasteiger partial charge in [0.05, 0.1) is 36.0 Å². The van der Waals surface area contributed by atoms with E-state index in [1.807, 2.05) is 4.57 Å². The largest absolute Gasteiger partial charge is 0.462 e. The fourth-order valence-electron chi connectivity index (χ4n) is 4.00. The predicted octanol–water partition coefficient (Wildman–Crippen LogP) is 7.18. The number of esters is 1. The second-order valence-electron chi connectivity index (χ2n) is 11.5. The van der Waals surface area contributed by atoms with Crippen molar-refractivity contribution in [2.45, 2.75) is 72.1 Å². The second kappa shape index (κ2) is 11.7. The molecule has 38 heavy (non-hydrogen) atoms. The fourth-order valence-corrected chi connectivity index (χ4v) is 5.22. The van der Waals surface area contributed by atoms with Gasteiger partial charge in [-0.05, 0) is 48.7 Å². The van der Waals surface area contributed by atoms with E-state index in [4.69, 9.17) is 20.8 Å². The van der Waals surface area contributed by atoms with Gasteiger partial charge in [0.15, 0.2) is 8.32 Å². The van der Waals surface area contributed by atoms with E-state index in [9.17, 15) is 14.0 Å². The Morgan fingerprint density at radius 1 is 1.24 bits per heavy atom. The number of rotatable bonds is 9. The van der Waals surface area contributed by atoms with Crippen molar-refractivity contribution in [1.82, 2.24) is 9.55 Å². The molecule has 0 radical (unpaired) electrons. The normalized spacial score (nSPS) is 13.2. The average molecular weight is 561 g/mol. The Morgan fingerprint density at radius 2 is 1.92 bits per heavy atom. The van der Waals surface area contributed by atoms with Crippen LogP contribution in [0.4, 0.5) is 4.39 Å². The Balaban J connectivity index is 2.17. The average Bonchev–Trinajstić information content (AvgIpc) is 2.82. The van der Waals surface area contributed by atoms with E-state index in [-0.39, 0.29) is 40.6 Å². The van der Waals surface area contributed by atoms with Crippen LogP contribution in [0.25, 0.3) is 10.9 Å². The van der Waals surface area contributed by atoms with Crippen molar-refractivity contribution < 1.29 is 18.3 Å². The standard InChI is InChI=1S/C29H38ClFN2O4Si/c1-9-36-28(35)22-16-33(25(18(2)3)17-37-38(7,8)29(4,5)6)24-15-32-20(14-21(24)27(22)34)13-19-11-10-12-23(30)26(19)31/h10-12,14-16,18,25H,9,13,17H2,1-8H3/t25-/m1/s1. The maximum atomic E-state index is 14.6. The van der Waals surface area contributed by atoms with Gasteiger partial charge in [-0.15, -0.1) is 0 Å². The summed E-state index contributed by atoms with van der Waals surface area (Å²) in [6, 6.07) is 6.24. The zero-order valence-corrected chi connectivity index (χ0v) is 25.3. The molecule has 6 nitrogen and oxygen atoms in total. The van der Waals surface area contributed by atoms with Gasteiger partial charge in [0.2, 0.25) is 5.43 Å². The number of carbonyl (C=O) groups is 1. The van der Waals surface area contributed by atoms with E-state index in [2.05, 4.69) is 52.7 Å². The molecule has 2 heterocycles. The molecule has 0 unspecified atom stereocenters. The van der Waals surface area contributed by atoms with Gasteiger partial charge in [0, 0.05) is 23.7 Å². The molecule has 0 spiro atoms. The molecule has 9 heteroatoms. The van der Waals surface area contributed by atoms with E-state index in [1.54, 1.807) is 37.5 Å². The molecule has 3 aromatic rings. The summed E-state index contributed by atoms with van der Waals surface area (Å²) in [5, 5.41) is 0.375. The highest BCUT2D eigenvalue weighted by Gasteiger charge is 2.38. The maximum Gasteiger partial charge on any atom is 0.343 e. The molecular weight excluding hydrogens is 523 g/mol. The van der Waals surface area contributed by atoms with E-state index in [1.165, 1.54) is 6.07 Å². The zero-order valence-electron chi connectivity index (χ0n) is 23.5. The third-order valence-corrected chi connectivity index (χ3v) is 12.2. The molecule has 3 rings (SSSR count). The highest BCUT2D eigenvalue weighted by Crippen LogP contribution is 2.38. The first kappa shape index (κ1) is 30.0. The molecule has 0 amide bonds. The number of halogens is 2. The smallest absolute Gasteiger partial charge is 0.343 e. The molecular formula is C29H38ClFN2O4Si. The summed E-state index contributed by atoms with van der Waals surface area (Å²) < 4.78 is 28.3. The lowest BCUT2D eigenvalue weighted by atomic mass is 10.0. The van der Waals surface area contributed by atoms with Crippen LogP contribution in [0.3, 0.4) is 0 Å². The number of nitrogens with zero attached hydrogens (tertiary/aromatic N) is 2. The van der Waals surface area contributed by atoms with Crippen LogP contribution >= 0.6 is 11.6 Å². The molecule has 206 valence electrons. The van der Waals surface area contributed by atoms with Crippen molar-refractivity contribution in [2.24, 2.45) is 5.92 Å². The minimum absolute atomic E-state index is 0.0248. The number of hydrogen-bond donors (Lipinski definition) is 0. The molecule has 1 aromatic carbocycles. The molecule has 0 N–H and O–H groups in total. The lowest BCUT2D eigenvalue weighted by Gasteiger charge is -2.38. The van der Waals surface area contributed by atoms with Crippen molar-refractivity contribution in [1.29, 1.82) is 0 Å². The van der Waals surface area contributed by atoms with Crippen molar-refractivity contribution in [3.05, 3.63) is 74.5 Å². The minimum Gasteiger partial charge on any atom is -0.462 e. The van der Waals surface area contributed by atoms with Crippen molar-refractivity contribution in [3.8, 4) is 0 Å². The quantitative estimate of drug-likeness (QED) is 0.205. The van der Waals surface area contributed by atoms with Crippen LogP contribution in [0.5, 0.6) is 0 Å².